The van der Waals surface area contributed by atoms with E-state index in [0.717, 1.165) is 13.1 Å². The van der Waals surface area contributed by atoms with Gasteiger partial charge in [-0.25, -0.2) is 9.97 Å². The molecule has 0 radical (unpaired) electrons. The van der Waals surface area contributed by atoms with Crippen molar-refractivity contribution in [3.63, 3.8) is 0 Å². The van der Waals surface area contributed by atoms with Crippen molar-refractivity contribution >= 4 is 11.9 Å². The number of carbonyl (C=O) groups is 1. The van der Waals surface area contributed by atoms with Gasteiger partial charge in [0.2, 0.25) is 5.95 Å². The predicted octanol–water partition coefficient (Wildman–Crippen LogP) is 2.48. The van der Waals surface area contributed by atoms with Crippen LogP contribution in [0.25, 0.3) is 0 Å². The molecule has 2 aliphatic rings. The van der Waals surface area contributed by atoms with Gasteiger partial charge in [-0.05, 0) is 12.5 Å². The fourth-order valence-corrected chi connectivity index (χ4v) is 3.74. The lowest BCUT2D eigenvalue weighted by atomic mass is 10.0. The number of aromatic nitrogens is 2. The average molecular weight is 382 g/mol. The summed E-state index contributed by atoms with van der Waals surface area (Å²) >= 11 is 0. The molecule has 0 bridgehead atoms. The van der Waals surface area contributed by atoms with E-state index in [9.17, 15) is 4.79 Å². The minimum absolute atomic E-state index is 0.0366. The fourth-order valence-electron chi connectivity index (χ4n) is 3.74. The van der Waals surface area contributed by atoms with Crippen molar-refractivity contribution in [2.45, 2.75) is 32.1 Å². The maximum absolute atomic E-state index is 12.8. The van der Waals surface area contributed by atoms with Gasteiger partial charge >= 0.3 is 0 Å². The second-order valence-electron chi connectivity index (χ2n) is 7.17. The average Bonchev–Trinajstić information content (AvgIpc) is 3.21. The van der Waals surface area contributed by atoms with E-state index < -0.39 is 5.79 Å². The number of likely N-dealkylation sites (tertiary alicyclic amines) is 1. The Balaban J connectivity index is 1.39. The number of rotatable bonds is 5. The summed E-state index contributed by atoms with van der Waals surface area (Å²) in [5, 5.41) is 0. The van der Waals surface area contributed by atoms with Crippen LogP contribution in [0.5, 0.6) is 0 Å². The predicted molar refractivity (Wildman–Crippen MR) is 105 cm³/mol. The lowest BCUT2D eigenvalue weighted by Crippen LogP contribution is -2.47. The molecule has 148 valence electrons. The third kappa shape index (κ3) is 4.00. The van der Waals surface area contributed by atoms with E-state index in [0.29, 0.717) is 50.7 Å². The molecule has 7 heteroatoms. The molecule has 0 saturated carbocycles. The van der Waals surface area contributed by atoms with Gasteiger partial charge in [-0.15, -0.1) is 0 Å². The fraction of sp³-hybridized carbons (Fsp3) is 0.476. The van der Waals surface area contributed by atoms with Gasteiger partial charge in [0.1, 0.15) is 0 Å². The summed E-state index contributed by atoms with van der Waals surface area (Å²) in [4.78, 5) is 25.6. The topological polar surface area (TPSA) is 67.8 Å². The first-order valence-electron chi connectivity index (χ1n) is 9.87. The van der Waals surface area contributed by atoms with Gasteiger partial charge in [0.25, 0.3) is 5.91 Å². The van der Waals surface area contributed by atoms with E-state index in [1.54, 1.807) is 12.4 Å². The van der Waals surface area contributed by atoms with Crippen LogP contribution in [0.2, 0.25) is 0 Å². The minimum Gasteiger partial charge on any atom is -0.347 e. The summed E-state index contributed by atoms with van der Waals surface area (Å²) in [5.74, 6) is 0.120. The number of benzene rings is 1. The Bertz CT molecular complexity index is 781. The lowest BCUT2D eigenvalue weighted by molar-refractivity contribution is -0.181. The smallest absolute Gasteiger partial charge is 0.256 e. The highest BCUT2D eigenvalue weighted by Gasteiger charge is 2.40. The SMILES string of the molecule is CCN(Cc1ccccc1)c1ncc(C(=O)N2CCC3(CC2)OCCO3)cn1. The van der Waals surface area contributed by atoms with Crippen LogP contribution in [0.1, 0.15) is 35.7 Å². The molecule has 2 saturated heterocycles. The van der Waals surface area contributed by atoms with Crippen LogP contribution in [0.4, 0.5) is 5.95 Å². The Morgan fingerprint density at radius 1 is 1.11 bits per heavy atom. The number of anilines is 1. The molecule has 4 rings (SSSR count). The van der Waals surface area contributed by atoms with E-state index >= 15 is 0 Å². The van der Waals surface area contributed by atoms with Gasteiger partial charge in [0.15, 0.2) is 5.79 Å². The summed E-state index contributed by atoms with van der Waals surface area (Å²) in [7, 11) is 0. The molecule has 0 atom stereocenters. The summed E-state index contributed by atoms with van der Waals surface area (Å²) in [5.41, 5.74) is 1.72. The standard InChI is InChI=1S/C21H26N4O3/c1-2-24(16-17-6-4-3-5-7-17)20-22-14-18(15-23-20)19(26)25-10-8-21(9-11-25)27-12-13-28-21/h3-7,14-15H,2,8-13,16H2,1H3. The van der Waals surface area contributed by atoms with E-state index in [2.05, 4.69) is 33.9 Å². The Morgan fingerprint density at radius 3 is 2.36 bits per heavy atom. The van der Waals surface area contributed by atoms with Crippen molar-refractivity contribution in [3.05, 3.63) is 53.9 Å². The summed E-state index contributed by atoms with van der Waals surface area (Å²) < 4.78 is 11.5. The molecule has 1 aromatic carbocycles. The van der Waals surface area contributed by atoms with E-state index in [1.807, 2.05) is 23.1 Å². The Morgan fingerprint density at radius 2 is 1.75 bits per heavy atom. The highest BCUT2D eigenvalue weighted by atomic mass is 16.7. The lowest BCUT2D eigenvalue weighted by Gasteiger charge is -2.37. The number of amides is 1. The maximum atomic E-state index is 12.8. The highest BCUT2D eigenvalue weighted by Crippen LogP contribution is 2.31. The molecule has 1 spiro atoms. The molecule has 0 aliphatic carbocycles. The molecule has 2 aliphatic heterocycles. The Kier molecular flexibility index (Phi) is 5.54. The minimum atomic E-state index is -0.476. The van der Waals surface area contributed by atoms with Gasteiger partial charge in [-0.2, -0.15) is 0 Å². The summed E-state index contributed by atoms with van der Waals surface area (Å²) in [6.45, 7) is 6.11. The van der Waals surface area contributed by atoms with Crippen LogP contribution < -0.4 is 4.90 Å². The molecule has 1 aromatic heterocycles. The number of nitrogens with zero attached hydrogens (tertiary/aromatic N) is 4. The molecular weight excluding hydrogens is 356 g/mol. The molecular formula is C21H26N4O3. The van der Waals surface area contributed by atoms with E-state index in [4.69, 9.17) is 9.47 Å². The monoisotopic (exact) mass is 382 g/mol. The van der Waals surface area contributed by atoms with Crippen molar-refractivity contribution in [2.24, 2.45) is 0 Å². The van der Waals surface area contributed by atoms with Crippen molar-refractivity contribution in [3.8, 4) is 0 Å². The Labute approximate surface area is 165 Å². The number of ether oxygens (including phenoxy) is 2. The van der Waals surface area contributed by atoms with Gasteiger partial charge in [-0.3, -0.25) is 4.79 Å². The summed E-state index contributed by atoms with van der Waals surface area (Å²) in [6, 6.07) is 10.2. The van der Waals surface area contributed by atoms with Crippen molar-refractivity contribution in [2.75, 3.05) is 37.7 Å². The van der Waals surface area contributed by atoms with Crippen molar-refractivity contribution in [1.29, 1.82) is 0 Å². The van der Waals surface area contributed by atoms with Crippen LogP contribution in [0, 0.1) is 0 Å². The zero-order valence-electron chi connectivity index (χ0n) is 16.2. The number of hydrogen-bond donors (Lipinski definition) is 0. The van der Waals surface area contributed by atoms with Crippen molar-refractivity contribution in [1.82, 2.24) is 14.9 Å². The molecule has 2 fully saturated rings. The molecule has 7 nitrogen and oxygen atoms in total. The van der Waals surface area contributed by atoms with Gasteiger partial charge < -0.3 is 19.3 Å². The van der Waals surface area contributed by atoms with Crippen LogP contribution in [-0.4, -0.2) is 59.4 Å². The van der Waals surface area contributed by atoms with Crippen LogP contribution in [-0.2, 0) is 16.0 Å². The normalized spacial score (nSPS) is 18.4. The number of hydrogen-bond acceptors (Lipinski definition) is 6. The highest BCUT2D eigenvalue weighted by molar-refractivity contribution is 5.93. The maximum Gasteiger partial charge on any atom is 0.256 e. The molecule has 28 heavy (non-hydrogen) atoms. The largest absolute Gasteiger partial charge is 0.347 e. The second-order valence-corrected chi connectivity index (χ2v) is 7.17. The molecule has 2 aromatic rings. The second kappa shape index (κ2) is 8.24. The molecule has 0 unspecified atom stereocenters. The van der Waals surface area contributed by atoms with E-state index in [1.165, 1.54) is 5.56 Å². The number of carbonyl (C=O) groups excluding carboxylic acids is 1. The number of piperidine rings is 1. The zero-order chi connectivity index (χ0) is 19.4. The zero-order valence-corrected chi connectivity index (χ0v) is 16.2. The quantitative estimate of drug-likeness (QED) is 0.791. The van der Waals surface area contributed by atoms with Gasteiger partial charge in [0, 0.05) is 51.4 Å². The first-order chi connectivity index (χ1) is 13.7. The van der Waals surface area contributed by atoms with Crippen molar-refractivity contribution < 1.29 is 14.3 Å². The molecule has 1 amide bonds. The van der Waals surface area contributed by atoms with Crippen LogP contribution >= 0.6 is 0 Å². The summed E-state index contributed by atoms with van der Waals surface area (Å²) in [6.07, 6.45) is 4.67. The third-order valence-electron chi connectivity index (χ3n) is 5.39. The first kappa shape index (κ1) is 18.8. The Hall–Kier alpha value is -2.51. The van der Waals surface area contributed by atoms with Gasteiger partial charge in [-0.1, -0.05) is 30.3 Å². The first-order valence-corrected chi connectivity index (χ1v) is 9.87. The van der Waals surface area contributed by atoms with Gasteiger partial charge in [0.05, 0.1) is 18.8 Å². The third-order valence-corrected chi connectivity index (χ3v) is 5.39. The van der Waals surface area contributed by atoms with E-state index in [-0.39, 0.29) is 5.91 Å². The molecule has 0 N–H and O–H groups in total. The van der Waals surface area contributed by atoms with Crippen LogP contribution in [0.3, 0.4) is 0 Å². The molecule has 3 heterocycles. The van der Waals surface area contributed by atoms with Crippen LogP contribution in [0.15, 0.2) is 42.7 Å².